The topological polar surface area (TPSA) is 0 Å². The van der Waals surface area contributed by atoms with Crippen LogP contribution in [0.3, 0.4) is 0 Å². The van der Waals surface area contributed by atoms with Crippen LogP contribution < -0.4 is 0 Å². The Morgan fingerprint density at radius 1 is 0.571 bits per heavy atom. The third-order valence-electron chi connectivity index (χ3n) is 10.8. The molecule has 0 radical (unpaired) electrons. The summed E-state index contributed by atoms with van der Waals surface area (Å²) < 4.78 is 0. The number of fused-ring (bicyclic) bond motifs is 6. The summed E-state index contributed by atoms with van der Waals surface area (Å²) >= 11 is 0. The molecule has 35 heavy (non-hydrogen) atoms. The molecule has 0 spiro atoms. The van der Waals surface area contributed by atoms with E-state index in [1.165, 1.54) is 83.4 Å². The number of rotatable bonds is 5. The number of hydrogen-bond donors (Lipinski definition) is 0. The lowest BCUT2D eigenvalue weighted by molar-refractivity contribution is 0.391. The van der Waals surface area contributed by atoms with Crippen molar-refractivity contribution in [2.75, 3.05) is 0 Å². The molecule has 4 fully saturated rings. The molecule has 4 aliphatic rings. The van der Waals surface area contributed by atoms with E-state index in [4.69, 9.17) is 0 Å². The molecule has 4 saturated heterocycles. The molecule has 0 amide bonds. The fourth-order valence-electron chi connectivity index (χ4n) is 9.30. The fraction of sp³-hybridized carbons (Fsp3) is 0.576. The minimum atomic E-state index is 0.737. The molecular formula is C33H44B2. The van der Waals surface area contributed by atoms with Crippen LogP contribution in [0.25, 0.3) is 0 Å². The maximum Gasteiger partial charge on any atom is 0.177 e. The van der Waals surface area contributed by atoms with Gasteiger partial charge < -0.3 is 0 Å². The van der Waals surface area contributed by atoms with Crippen LogP contribution in [-0.2, 0) is 0 Å². The molecule has 0 aliphatic carbocycles. The Balaban J connectivity index is 1.29. The molecule has 0 N–H and O–H groups in total. The monoisotopic (exact) mass is 462 g/mol. The smallest absolute Gasteiger partial charge is 0.119 e. The van der Waals surface area contributed by atoms with Crippen molar-refractivity contribution in [3.05, 3.63) is 83.8 Å². The quantitative estimate of drug-likeness (QED) is 0.388. The minimum Gasteiger partial charge on any atom is -0.119 e. The summed E-state index contributed by atoms with van der Waals surface area (Å²) in [5, 5.41) is 0. The van der Waals surface area contributed by atoms with Gasteiger partial charge in [-0.15, -0.1) is 12.1 Å². The maximum atomic E-state index is 2.77. The highest BCUT2D eigenvalue weighted by molar-refractivity contribution is 6.68. The Bertz CT molecular complexity index is 934. The van der Waals surface area contributed by atoms with Gasteiger partial charge in [0.25, 0.3) is 0 Å². The predicted octanol–water partition coefficient (Wildman–Crippen LogP) is 9.43. The largest absolute Gasteiger partial charge is 0.177 e. The molecule has 6 rings (SSSR count). The van der Waals surface area contributed by atoms with Crippen molar-refractivity contribution in [2.45, 2.75) is 107 Å². The van der Waals surface area contributed by atoms with E-state index in [1.54, 1.807) is 11.1 Å². The van der Waals surface area contributed by atoms with Crippen molar-refractivity contribution in [1.82, 2.24) is 0 Å². The van der Waals surface area contributed by atoms with Crippen LogP contribution in [-0.4, -0.2) is 13.4 Å². The molecule has 2 heteroatoms. The summed E-state index contributed by atoms with van der Waals surface area (Å²) in [7, 11) is 0. The van der Waals surface area contributed by atoms with Gasteiger partial charge in [0.05, 0.1) is 0 Å². The fourth-order valence-corrected chi connectivity index (χ4v) is 9.30. The summed E-state index contributed by atoms with van der Waals surface area (Å²) in [6.45, 7) is 1.58. The predicted molar refractivity (Wildman–Crippen MR) is 154 cm³/mol. The highest BCUT2D eigenvalue weighted by Gasteiger charge is 2.43. The standard InChI is InChI=1S/C33H44B2/c1-3-12-26(13-4-1)32-28-16-7-20-30(21-8-17-28)34(32)24-11-25-35-31-22-9-18-29(19-10-23-31)33(35)27-14-5-2-6-15-27/h1-6,11-15,24,28-33H,7-10,16-23,25H2. The van der Waals surface area contributed by atoms with E-state index in [0.717, 1.165) is 48.5 Å². The van der Waals surface area contributed by atoms with Gasteiger partial charge in [-0.05, 0) is 23.5 Å². The number of allylic oxidation sites excluding steroid dienone is 1. The van der Waals surface area contributed by atoms with Crippen molar-refractivity contribution in [1.29, 1.82) is 0 Å². The van der Waals surface area contributed by atoms with Crippen molar-refractivity contribution in [3.8, 4) is 0 Å². The molecule has 4 aliphatic heterocycles. The zero-order valence-corrected chi connectivity index (χ0v) is 21.7. The van der Waals surface area contributed by atoms with Crippen LogP contribution in [0.15, 0.2) is 72.7 Å². The lowest BCUT2D eigenvalue weighted by Gasteiger charge is -2.31. The summed E-state index contributed by atoms with van der Waals surface area (Å²) in [5.74, 6) is 7.88. The van der Waals surface area contributed by atoms with Gasteiger partial charge in [0.1, 0.15) is 0 Å². The molecule has 2 atom stereocenters. The Labute approximate surface area is 215 Å². The Morgan fingerprint density at radius 2 is 1.06 bits per heavy atom. The van der Waals surface area contributed by atoms with E-state index in [1.807, 2.05) is 0 Å². The van der Waals surface area contributed by atoms with E-state index >= 15 is 0 Å². The lowest BCUT2D eigenvalue weighted by atomic mass is 9.28. The van der Waals surface area contributed by atoms with Gasteiger partial charge in [-0.2, -0.15) is 0 Å². The normalized spacial score (nSPS) is 33.4. The first-order valence-electron chi connectivity index (χ1n) is 15.1. The van der Waals surface area contributed by atoms with Gasteiger partial charge in [-0.25, -0.2) is 0 Å². The van der Waals surface area contributed by atoms with E-state index in [-0.39, 0.29) is 0 Å². The summed E-state index contributed by atoms with van der Waals surface area (Å²) in [6, 6.07) is 23.3. The summed E-state index contributed by atoms with van der Waals surface area (Å²) in [6.07, 6.45) is 21.5. The van der Waals surface area contributed by atoms with E-state index < -0.39 is 0 Å². The van der Waals surface area contributed by atoms with Gasteiger partial charge in [0.2, 0.25) is 0 Å². The molecule has 4 heterocycles. The second kappa shape index (κ2) is 11.1. The number of benzene rings is 2. The second-order valence-electron chi connectivity index (χ2n) is 12.5. The first-order valence-corrected chi connectivity index (χ1v) is 15.1. The number of hydrogen-bond acceptors (Lipinski definition) is 0. The highest BCUT2D eigenvalue weighted by Crippen LogP contribution is 2.50. The molecule has 2 unspecified atom stereocenters. The average Bonchev–Trinajstić information content (AvgIpc) is 3.30. The van der Waals surface area contributed by atoms with Crippen molar-refractivity contribution >= 4 is 13.4 Å². The third kappa shape index (κ3) is 5.10. The average molecular weight is 462 g/mol. The molecule has 0 nitrogen and oxygen atoms in total. The van der Waals surface area contributed by atoms with Gasteiger partial charge in [0.15, 0.2) is 13.4 Å². The molecule has 4 bridgehead atoms. The van der Waals surface area contributed by atoms with Gasteiger partial charge in [0, 0.05) is 0 Å². The Kier molecular flexibility index (Phi) is 7.54. The van der Waals surface area contributed by atoms with Crippen LogP contribution in [0, 0.1) is 11.8 Å². The molecular weight excluding hydrogens is 418 g/mol. The first kappa shape index (κ1) is 23.7. The maximum absolute atomic E-state index is 2.77. The minimum absolute atomic E-state index is 0.737. The third-order valence-corrected chi connectivity index (χ3v) is 10.8. The Morgan fingerprint density at radius 3 is 1.63 bits per heavy atom. The molecule has 2 aromatic carbocycles. The van der Waals surface area contributed by atoms with Crippen molar-refractivity contribution in [2.24, 2.45) is 11.8 Å². The van der Waals surface area contributed by atoms with E-state index in [9.17, 15) is 0 Å². The van der Waals surface area contributed by atoms with Crippen molar-refractivity contribution < 1.29 is 0 Å². The van der Waals surface area contributed by atoms with E-state index in [2.05, 4.69) is 72.7 Å². The highest BCUT2D eigenvalue weighted by atomic mass is 14.3. The van der Waals surface area contributed by atoms with Crippen LogP contribution >= 0.6 is 0 Å². The summed E-state index contributed by atoms with van der Waals surface area (Å²) in [4.78, 5) is 0. The van der Waals surface area contributed by atoms with Gasteiger partial charge in [-0.1, -0.05) is 167 Å². The molecule has 182 valence electrons. The zero-order valence-electron chi connectivity index (χ0n) is 21.7. The molecule has 0 saturated carbocycles. The van der Waals surface area contributed by atoms with Crippen LogP contribution in [0.5, 0.6) is 0 Å². The summed E-state index contributed by atoms with van der Waals surface area (Å²) in [5.41, 5.74) is 3.26. The molecule has 0 aromatic heterocycles. The van der Waals surface area contributed by atoms with Gasteiger partial charge in [-0.3, -0.25) is 0 Å². The van der Waals surface area contributed by atoms with Crippen LogP contribution in [0.4, 0.5) is 0 Å². The van der Waals surface area contributed by atoms with Crippen LogP contribution in [0.2, 0.25) is 18.0 Å². The van der Waals surface area contributed by atoms with Gasteiger partial charge >= 0.3 is 0 Å². The molecule has 2 aromatic rings. The Hall–Kier alpha value is -1.69. The van der Waals surface area contributed by atoms with Crippen LogP contribution in [0.1, 0.15) is 99.8 Å². The zero-order chi connectivity index (χ0) is 23.5. The SMILES string of the molecule is C(=CB1C2CCCC(CCC2)C1c1ccccc1)CB1C2CCCC(CCC2)C1c1ccccc1. The lowest BCUT2D eigenvalue weighted by Crippen LogP contribution is -2.31. The van der Waals surface area contributed by atoms with E-state index in [0.29, 0.717) is 0 Å². The van der Waals surface area contributed by atoms with Crippen molar-refractivity contribution in [3.63, 3.8) is 0 Å². The second-order valence-corrected chi connectivity index (χ2v) is 12.5. The first-order chi connectivity index (χ1) is 17.4.